The Labute approximate surface area is 211 Å². The van der Waals surface area contributed by atoms with Gasteiger partial charge in [-0.1, -0.05) is 19.9 Å². The molecule has 0 radical (unpaired) electrons. The molecule has 0 bridgehead atoms. The lowest BCUT2D eigenvalue weighted by Crippen LogP contribution is -2.40. The first-order valence-corrected chi connectivity index (χ1v) is 11.8. The molecule has 2 aliphatic heterocycles. The topological polar surface area (TPSA) is 96.9 Å². The minimum absolute atomic E-state index is 0.0447. The third-order valence-corrected chi connectivity index (χ3v) is 6.34. The fourth-order valence-corrected chi connectivity index (χ4v) is 4.21. The lowest BCUT2D eigenvalue weighted by Gasteiger charge is -2.31. The molecule has 2 aromatic rings. The zero-order chi connectivity index (χ0) is 26.2. The van der Waals surface area contributed by atoms with E-state index in [0.717, 1.165) is 12.8 Å². The lowest BCUT2D eigenvalue weighted by molar-refractivity contribution is 0.0359. The van der Waals surface area contributed by atoms with Crippen molar-refractivity contribution in [1.29, 1.82) is 0 Å². The number of anilines is 2. The van der Waals surface area contributed by atoms with Gasteiger partial charge < -0.3 is 19.7 Å². The van der Waals surface area contributed by atoms with Crippen molar-refractivity contribution >= 4 is 23.8 Å². The molecule has 1 aromatic carbocycles. The number of cyclic esters (lactones) is 1. The van der Waals surface area contributed by atoms with Gasteiger partial charge >= 0.3 is 6.09 Å². The van der Waals surface area contributed by atoms with Crippen LogP contribution in [-0.4, -0.2) is 65.8 Å². The molecule has 1 N–H and O–H groups in total. The third-order valence-electron chi connectivity index (χ3n) is 6.34. The fraction of sp³-hybridized carbons (Fsp3) is 0.462. The second-order valence-electron chi connectivity index (χ2n) is 8.92. The van der Waals surface area contributed by atoms with E-state index in [1.165, 1.54) is 17.0 Å². The molecular formula is C26H32FN5O4. The lowest BCUT2D eigenvalue weighted by atomic mass is 10.0. The summed E-state index contributed by atoms with van der Waals surface area (Å²) in [6.07, 6.45) is 10.6. The minimum Gasteiger partial charge on any atom is -0.447 e. The van der Waals surface area contributed by atoms with Gasteiger partial charge in [0.2, 0.25) is 5.95 Å². The summed E-state index contributed by atoms with van der Waals surface area (Å²) >= 11 is 0. The second kappa shape index (κ2) is 12.3. The highest BCUT2D eigenvalue weighted by atomic mass is 19.1. The molecule has 2 saturated heterocycles. The number of carbonyl (C=O) groups excluding carboxylic acids is 2. The molecule has 0 saturated carbocycles. The summed E-state index contributed by atoms with van der Waals surface area (Å²) < 4.78 is 25.3. The Balaban J connectivity index is 0.00000176. The number of aromatic nitrogens is 2. The van der Waals surface area contributed by atoms with Crippen LogP contribution in [0.25, 0.3) is 0 Å². The highest BCUT2D eigenvalue weighted by Crippen LogP contribution is 2.26. The van der Waals surface area contributed by atoms with Gasteiger partial charge in [-0.3, -0.25) is 9.69 Å². The van der Waals surface area contributed by atoms with Crippen LogP contribution >= 0.6 is 0 Å². The van der Waals surface area contributed by atoms with Crippen LogP contribution in [0, 0.1) is 24.6 Å². The molecule has 192 valence electrons. The maximum absolute atomic E-state index is 14.8. The number of rotatable bonds is 7. The Bertz CT molecular complexity index is 1090. The summed E-state index contributed by atoms with van der Waals surface area (Å²) in [4.78, 5) is 36.8. The molecule has 2 aliphatic rings. The van der Waals surface area contributed by atoms with Crippen molar-refractivity contribution in [2.24, 2.45) is 5.92 Å². The highest BCUT2D eigenvalue weighted by Gasteiger charge is 2.37. The van der Waals surface area contributed by atoms with Crippen LogP contribution in [0.1, 0.15) is 42.6 Å². The van der Waals surface area contributed by atoms with E-state index in [2.05, 4.69) is 28.1 Å². The van der Waals surface area contributed by atoms with Gasteiger partial charge in [0.15, 0.2) is 0 Å². The zero-order valence-electron chi connectivity index (χ0n) is 20.8. The van der Waals surface area contributed by atoms with Gasteiger partial charge in [0, 0.05) is 39.0 Å². The number of hydrogen-bond acceptors (Lipinski definition) is 7. The standard InChI is InChI=1S/C24H30FN5O4.C2H2/c1-15(2)20-14-34-24(32)30(20)21-6-9-26-23(28-21)27-13-16-4-5-18(19(25)12-16)22(31)29(3)17-7-10-33-11-8-17;1-2/h4-6,9,12,15,17,20H,7-8,10-11,13-14H2,1-3H3,(H,26,27,28);1-2H. The van der Waals surface area contributed by atoms with Gasteiger partial charge in [-0.25, -0.2) is 14.2 Å². The number of terminal acetylenes is 1. The predicted molar refractivity (Wildman–Crippen MR) is 134 cm³/mol. The summed E-state index contributed by atoms with van der Waals surface area (Å²) in [5.41, 5.74) is 0.681. The molecule has 0 aliphatic carbocycles. The molecule has 36 heavy (non-hydrogen) atoms. The first kappa shape index (κ1) is 26.9. The summed E-state index contributed by atoms with van der Waals surface area (Å²) in [5, 5.41) is 3.06. The van der Waals surface area contributed by atoms with Crippen molar-refractivity contribution in [1.82, 2.24) is 14.9 Å². The molecule has 2 amide bonds. The SMILES string of the molecule is C#C.CC(C)C1COC(=O)N1c1ccnc(NCc2ccc(C(=O)N(C)C3CCOCC3)c(F)c2)n1. The number of hydrogen-bond donors (Lipinski definition) is 1. The number of halogens is 1. The van der Waals surface area contributed by atoms with Crippen LogP contribution in [0.3, 0.4) is 0 Å². The minimum atomic E-state index is -0.572. The number of nitrogens with zero attached hydrogens (tertiary/aromatic N) is 4. The summed E-state index contributed by atoms with van der Waals surface area (Å²) in [5.74, 6) is 0.0450. The number of carbonyl (C=O) groups is 2. The van der Waals surface area contributed by atoms with Crippen LogP contribution in [-0.2, 0) is 16.0 Å². The van der Waals surface area contributed by atoms with Gasteiger partial charge in [-0.05, 0) is 42.5 Å². The van der Waals surface area contributed by atoms with E-state index in [1.54, 1.807) is 30.3 Å². The van der Waals surface area contributed by atoms with Gasteiger partial charge in [0.1, 0.15) is 18.2 Å². The third kappa shape index (κ3) is 6.10. The molecule has 0 spiro atoms. The van der Waals surface area contributed by atoms with E-state index in [-0.39, 0.29) is 36.0 Å². The van der Waals surface area contributed by atoms with E-state index in [1.807, 2.05) is 13.8 Å². The predicted octanol–water partition coefficient (Wildman–Crippen LogP) is 3.71. The van der Waals surface area contributed by atoms with Gasteiger partial charge in [-0.2, -0.15) is 4.98 Å². The van der Waals surface area contributed by atoms with Gasteiger partial charge in [-0.15, -0.1) is 12.8 Å². The van der Waals surface area contributed by atoms with Crippen molar-refractivity contribution in [3.63, 3.8) is 0 Å². The van der Waals surface area contributed by atoms with Crippen molar-refractivity contribution in [2.45, 2.75) is 45.3 Å². The molecule has 10 heteroatoms. The maximum atomic E-state index is 14.8. The smallest absolute Gasteiger partial charge is 0.415 e. The molecule has 9 nitrogen and oxygen atoms in total. The molecule has 2 fully saturated rings. The van der Waals surface area contributed by atoms with Gasteiger partial charge in [0.05, 0.1) is 11.6 Å². The van der Waals surface area contributed by atoms with Crippen LogP contribution in [0.2, 0.25) is 0 Å². The molecule has 4 rings (SSSR count). The van der Waals surface area contributed by atoms with Crippen molar-refractivity contribution in [3.8, 4) is 12.8 Å². The molecule has 3 heterocycles. The van der Waals surface area contributed by atoms with Crippen molar-refractivity contribution in [2.75, 3.05) is 37.1 Å². The molecule has 1 atom stereocenters. The van der Waals surface area contributed by atoms with Crippen molar-refractivity contribution < 1.29 is 23.5 Å². The van der Waals surface area contributed by atoms with Crippen molar-refractivity contribution in [3.05, 3.63) is 47.4 Å². The maximum Gasteiger partial charge on any atom is 0.415 e. The van der Waals surface area contributed by atoms with E-state index in [0.29, 0.717) is 37.2 Å². The summed E-state index contributed by atoms with van der Waals surface area (Å²) in [7, 11) is 1.71. The zero-order valence-corrected chi connectivity index (χ0v) is 20.8. The quantitative estimate of drug-likeness (QED) is 0.583. The Morgan fingerprint density at radius 1 is 1.28 bits per heavy atom. The molecule has 1 unspecified atom stereocenters. The Morgan fingerprint density at radius 3 is 2.67 bits per heavy atom. The first-order valence-electron chi connectivity index (χ1n) is 11.8. The fourth-order valence-electron chi connectivity index (χ4n) is 4.21. The Hall–Kier alpha value is -3.71. The van der Waals surface area contributed by atoms with E-state index in [9.17, 15) is 14.0 Å². The largest absolute Gasteiger partial charge is 0.447 e. The number of nitrogens with one attached hydrogen (secondary N) is 1. The Morgan fingerprint density at radius 2 is 2.00 bits per heavy atom. The number of amides is 2. The average molecular weight is 498 g/mol. The first-order chi connectivity index (χ1) is 17.3. The highest BCUT2D eigenvalue weighted by molar-refractivity contribution is 5.94. The normalized spacial score (nSPS) is 17.8. The molecular weight excluding hydrogens is 465 g/mol. The van der Waals surface area contributed by atoms with Gasteiger partial charge in [0.25, 0.3) is 5.91 Å². The van der Waals surface area contributed by atoms with Crippen LogP contribution in [0.15, 0.2) is 30.5 Å². The number of benzene rings is 1. The van der Waals surface area contributed by atoms with Crippen LogP contribution in [0.5, 0.6) is 0 Å². The summed E-state index contributed by atoms with van der Waals surface area (Å²) in [6.45, 7) is 5.82. The van der Waals surface area contributed by atoms with E-state index in [4.69, 9.17) is 9.47 Å². The van der Waals surface area contributed by atoms with Crippen LogP contribution in [0.4, 0.5) is 21.0 Å². The van der Waals surface area contributed by atoms with E-state index < -0.39 is 11.9 Å². The Kier molecular flexibility index (Phi) is 9.19. The second-order valence-corrected chi connectivity index (χ2v) is 8.92. The average Bonchev–Trinajstić information content (AvgIpc) is 3.30. The monoisotopic (exact) mass is 497 g/mol. The van der Waals surface area contributed by atoms with E-state index >= 15 is 0 Å². The van der Waals surface area contributed by atoms with Crippen LogP contribution < -0.4 is 10.2 Å². The summed E-state index contributed by atoms with van der Waals surface area (Å²) in [6, 6.07) is 6.16. The molecule has 1 aromatic heterocycles. The number of ether oxygens (including phenoxy) is 2.